The number of nitro groups is 1. The molecule has 0 aliphatic rings. The smallest absolute Gasteiger partial charge is 0.277 e. The molecule has 0 bridgehead atoms. The van der Waals surface area contributed by atoms with Crippen LogP contribution in [0.15, 0.2) is 78.9 Å². The zero-order valence-electron chi connectivity index (χ0n) is 12.6. The lowest BCUT2D eigenvalue weighted by Crippen LogP contribution is -2.30. The molecule has 5 heteroatoms. The van der Waals surface area contributed by atoms with Crippen LogP contribution in [0, 0.1) is 10.1 Å². The maximum absolute atomic E-state index is 11.6. The van der Waals surface area contributed by atoms with Gasteiger partial charge in [0, 0.05) is 6.07 Å². The van der Waals surface area contributed by atoms with Crippen molar-refractivity contribution in [2.45, 2.75) is 5.60 Å². The summed E-state index contributed by atoms with van der Waals surface area (Å²) in [5, 5.41) is 23.3. The van der Waals surface area contributed by atoms with Crippen LogP contribution in [0.2, 0.25) is 5.02 Å². The van der Waals surface area contributed by atoms with Gasteiger partial charge in [-0.15, -0.1) is 0 Å². The van der Waals surface area contributed by atoms with Crippen molar-refractivity contribution in [3.63, 3.8) is 0 Å². The van der Waals surface area contributed by atoms with Crippen LogP contribution in [0.5, 0.6) is 0 Å². The minimum Gasteiger partial charge on any atom is -0.376 e. The Morgan fingerprint density at radius 1 is 0.833 bits per heavy atom. The fourth-order valence-corrected chi connectivity index (χ4v) is 3.14. The molecule has 0 aromatic heterocycles. The van der Waals surface area contributed by atoms with Crippen molar-refractivity contribution in [2.24, 2.45) is 0 Å². The van der Waals surface area contributed by atoms with E-state index in [0.29, 0.717) is 11.1 Å². The first-order valence-corrected chi connectivity index (χ1v) is 7.69. The molecule has 0 amide bonds. The molecule has 0 fully saturated rings. The van der Waals surface area contributed by atoms with Gasteiger partial charge >= 0.3 is 0 Å². The van der Waals surface area contributed by atoms with E-state index < -0.39 is 10.5 Å². The molecule has 0 unspecified atom stereocenters. The Bertz CT molecular complexity index is 827. The van der Waals surface area contributed by atoms with Crippen molar-refractivity contribution in [2.75, 3.05) is 0 Å². The Balaban J connectivity index is 2.39. The van der Waals surface area contributed by atoms with E-state index in [1.54, 1.807) is 54.6 Å². The summed E-state index contributed by atoms with van der Waals surface area (Å²) in [5.74, 6) is 0. The molecule has 4 nitrogen and oxygen atoms in total. The maximum Gasteiger partial charge on any atom is 0.277 e. The highest BCUT2D eigenvalue weighted by molar-refractivity contribution is 6.31. The standard InChI is InChI=1S/C19H14ClNO3/c20-16-12-7-13-17(21(23)24)18(16)19(22,14-8-3-1-4-9-14)15-10-5-2-6-11-15/h1-13,22H. The second-order valence-corrected chi connectivity index (χ2v) is 5.74. The van der Waals surface area contributed by atoms with Crippen LogP contribution in [-0.4, -0.2) is 10.0 Å². The predicted octanol–water partition coefficient (Wildman–Crippen LogP) is 4.53. The molecule has 120 valence electrons. The van der Waals surface area contributed by atoms with Gasteiger partial charge in [0.25, 0.3) is 5.69 Å². The molecule has 3 rings (SSSR count). The van der Waals surface area contributed by atoms with Gasteiger partial charge in [-0.05, 0) is 17.2 Å². The van der Waals surface area contributed by atoms with E-state index >= 15 is 0 Å². The van der Waals surface area contributed by atoms with Gasteiger partial charge in [-0.25, -0.2) is 0 Å². The molecule has 0 aliphatic carbocycles. The van der Waals surface area contributed by atoms with Crippen LogP contribution in [0.1, 0.15) is 16.7 Å². The third-order valence-corrected chi connectivity index (χ3v) is 4.25. The van der Waals surface area contributed by atoms with Crippen LogP contribution in [0.4, 0.5) is 5.69 Å². The van der Waals surface area contributed by atoms with Crippen LogP contribution in [0.3, 0.4) is 0 Å². The van der Waals surface area contributed by atoms with Gasteiger partial charge in [0.1, 0.15) is 5.60 Å². The number of nitro benzene ring substituents is 1. The number of halogens is 1. The van der Waals surface area contributed by atoms with E-state index in [2.05, 4.69) is 0 Å². The number of rotatable bonds is 4. The third-order valence-electron chi connectivity index (χ3n) is 3.93. The summed E-state index contributed by atoms with van der Waals surface area (Å²) in [7, 11) is 0. The Hall–Kier alpha value is -2.69. The number of hydrogen-bond acceptors (Lipinski definition) is 3. The summed E-state index contributed by atoms with van der Waals surface area (Å²) in [4.78, 5) is 11.0. The van der Waals surface area contributed by atoms with Gasteiger partial charge < -0.3 is 5.11 Å². The Kier molecular flexibility index (Phi) is 4.34. The first-order valence-electron chi connectivity index (χ1n) is 7.32. The van der Waals surface area contributed by atoms with Crippen LogP contribution >= 0.6 is 11.6 Å². The highest BCUT2D eigenvalue weighted by atomic mass is 35.5. The van der Waals surface area contributed by atoms with Gasteiger partial charge in [-0.2, -0.15) is 0 Å². The van der Waals surface area contributed by atoms with Crippen LogP contribution in [0.25, 0.3) is 0 Å². The van der Waals surface area contributed by atoms with Gasteiger partial charge in [0.2, 0.25) is 0 Å². The van der Waals surface area contributed by atoms with Crippen molar-refractivity contribution >= 4 is 17.3 Å². The van der Waals surface area contributed by atoms with Crippen molar-refractivity contribution < 1.29 is 10.0 Å². The van der Waals surface area contributed by atoms with Crippen LogP contribution in [-0.2, 0) is 5.60 Å². The average molecular weight is 340 g/mol. The molecule has 0 spiro atoms. The van der Waals surface area contributed by atoms with E-state index in [-0.39, 0.29) is 16.3 Å². The lowest BCUT2D eigenvalue weighted by atomic mass is 9.79. The van der Waals surface area contributed by atoms with E-state index in [9.17, 15) is 15.2 Å². The molecule has 0 radical (unpaired) electrons. The van der Waals surface area contributed by atoms with Gasteiger partial charge in [-0.1, -0.05) is 78.3 Å². The van der Waals surface area contributed by atoms with E-state index in [4.69, 9.17) is 11.6 Å². The number of aliphatic hydroxyl groups is 1. The molecule has 0 atom stereocenters. The lowest BCUT2D eigenvalue weighted by Gasteiger charge is -2.30. The first-order chi connectivity index (χ1) is 11.5. The summed E-state index contributed by atoms with van der Waals surface area (Å²) in [6.45, 7) is 0. The highest BCUT2D eigenvalue weighted by Crippen LogP contribution is 2.44. The molecule has 0 aliphatic heterocycles. The molecule has 0 saturated heterocycles. The molecular formula is C19H14ClNO3. The van der Waals surface area contributed by atoms with E-state index in [1.165, 1.54) is 12.1 Å². The van der Waals surface area contributed by atoms with Gasteiger partial charge in [0.15, 0.2) is 0 Å². The Morgan fingerprint density at radius 3 is 1.79 bits per heavy atom. The Labute approximate surface area is 144 Å². The second-order valence-electron chi connectivity index (χ2n) is 5.33. The van der Waals surface area contributed by atoms with Gasteiger partial charge in [0.05, 0.1) is 15.5 Å². The molecule has 3 aromatic carbocycles. The SMILES string of the molecule is O=[N+]([O-])c1cccc(Cl)c1C(O)(c1ccccc1)c1ccccc1. The van der Waals surface area contributed by atoms with Crippen molar-refractivity contribution in [3.05, 3.63) is 111 Å². The molecule has 0 saturated carbocycles. The minimum absolute atomic E-state index is 0.0640. The van der Waals surface area contributed by atoms with E-state index in [0.717, 1.165) is 0 Å². The molecule has 24 heavy (non-hydrogen) atoms. The number of nitrogens with zero attached hydrogens (tertiary/aromatic N) is 1. The third kappa shape index (κ3) is 2.66. The largest absolute Gasteiger partial charge is 0.376 e. The quantitative estimate of drug-likeness (QED) is 0.431. The molecule has 1 N–H and O–H groups in total. The van der Waals surface area contributed by atoms with Crippen molar-refractivity contribution in [1.82, 2.24) is 0 Å². The second kappa shape index (κ2) is 6.43. The van der Waals surface area contributed by atoms with Crippen LogP contribution < -0.4 is 0 Å². The summed E-state index contributed by atoms with van der Waals surface area (Å²) in [6.07, 6.45) is 0. The monoisotopic (exact) mass is 339 g/mol. The molecular weight excluding hydrogens is 326 g/mol. The highest BCUT2D eigenvalue weighted by Gasteiger charge is 2.41. The molecule has 0 heterocycles. The lowest BCUT2D eigenvalue weighted by molar-refractivity contribution is -0.386. The number of hydrogen-bond donors (Lipinski definition) is 1. The topological polar surface area (TPSA) is 63.4 Å². The van der Waals surface area contributed by atoms with Crippen molar-refractivity contribution in [1.29, 1.82) is 0 Å². The average Bonchev–Trinajstić information content (AvgIpc) is 2.62. The zero-order valence-corrected chi connectivity index (χ0v) is 13.4. The first kappa shape index (κ1) is 16.2. The fourth-order valence-electron chi connectivity index (χ4n) is 2.84. The summed E-state index contributed by atoms with van der Waals surface area (Å²) in [6, 6.07) is 22.0. The zero-order chi connectivity index (χ0) is 17.2. The summed E-state index contributed by atoms with van der Waals surface area (Å²) in [5.41, 5.74) is -0.880. The van der Waals surface area contributed by atoms with Gasteiger partial charge in [-0.3, -0.25) is 10.1 Å². The molecule has 3 aromatic rings. The van der Waals surface area contributed by atoms with E-state index in [1.807, 2.05) is 12.1 Å². The Morgan fingerprint density at radius 2 is 1.33 bits per heavy atom. The normalized spacial score (nSPS) is 11.2. The minimum atomic E-state index is -1.73. The summed E-state index contributed by atoms with van der Waals surface area (Å²) < 4.78 is 0. The van der Waals surface area contributed by atoms with Crippen molar-refractivity contribution in [3.8, 4) is 0 Å². The summed E-state index contributed by atoms with van der Waals surface area (Å²) >= 11 is 6.29. The maximum atomic E-state index is 11.6. The number of benzene rings is 3. The predicted molar refractivity (Wildman–Crippen MR) is 93.1 cm³/mol. The fraction of sp³-hybridized carbons (Fsp3) is 0.0526.